The second kappa shape index (κ2) is 9.86. The molecular formula is C21H22F3IN2O4. The third-order valence-electron chi connectivity index (χ3n) is 4.22. The molecule has 2 rings (SSSR count). The fourth-order valence-electron chi connectivity index (χ4n) is 2.88. The number of ether oxygens (including phenoxy) is 2. The van der Waals surface area contributed by atoms with Crippen LogP contribution in [0.5, 0.6) is 5.75 Å². The Kier molecular flexibility index (Phi) is 7.93. The summed E-state index contributed by atoms with van der Waals surface area (Å²) in [5.74, 6) is -1.20. The summed E-state index contributed by atoms with van der Waals surface area (Å²) in [7, 11) is 2.78. The van der Waals surface area contributed by atoms with Crippen LogP contribution in [-0.2, 0) is 10.9 Å². The Labute approximate surface area is 191 Å². The van der Waals surface area contributed by atoms with Gasteiger partial charge in [-0.3, -0.25) is 9.59 Å². The van der Waals surface area contributed by atoms with E-state index in [1.54, 1.807) is 26.0 Å². The fraction of sp³-hybridized carbons (Fsp3) is 0.333. The van der Waals surface area contributed by atoms with Crippen LogP contribution in [0.4, 0.5) is 18.9 Å². The Hall–Kier alpha value is -2.34. The largest absolute Gasteiger partial charge is 0.495 e. The number of methoxy groups -OCH3 is 2. The standard InChI is InChI=1S/C21H22F3IN2O4/c1-20(2,11-30-3)27-19(29)17-13(6-5-7-14(17)25)18(28)26-15-10-12(21(22,23)24)8-9-16(15)31-4/h5-10H,11H2,1-4H3,(H,26,28)(H,27,29). The summed E-state index contributed by atoms with van der Waals surface area (Å²) in [6, 6.07) is 7.42. The van der Waals surface area contributed by atoms with Gasteiger partial charge in [-0.15, -0.1) is 0 Å². The minimum absolute atomic E-state index is 0.0112. The monoisotopic (exact) mass is 550 g/mol. The Morgan fingerprint density at radius 1 is 1.06 bits per heavy atom. The normalized spacial score (nSPS) is 11.7. The molecular weight excluding hydrogens is 528 g/mol. The van der Waals surface area contributed by atoms with Crippen LogP contribution >= 0.6 is 22.6 Å². The van der Waals surface area contributed by atoms with E-state index in [1.165, 1.54) is 20.3 Å². The van der Waals surface area contributed by atoms with Gasteiger partial charge in [0.15, 0.2) is 0 Å². The molecule has 0 saturated carbocycles. The maximum atomic E-state index is 13.1. The maximum absolute atomic E-state index is 13.1. The zero-order valence-electron chi connectivity index (χ0n) is 17.3. The number of hydrogen-bond donors (Lipinski definition) is 2. The average Bonchev–Trinajstić information content (AvgIpc) is 2.66. The van der Waals surface area contributed by atoms with Crippen LogP contribution in [0.2, 0.25) is 0 Å². The highest BCUT2D eigenvalue weighted by Gasteiger charge is 2.32. The molecule has 31 heavy (non-hydrogen) atoms. The maximum Gasteiger partial charge on any atom is 0.416 e. The van der Waals surface area contributed by atoms with Crippen molar-refractivity contribution in [2.45, 2.75) is 25.6 Å². The van der Waals surface area contributed by atoms with Crippen molar-refractivity contribution in [2.24, 2.45) is 0 Å². The van der Waals surface area contributed by atoms with Gasteiger partial charge in [0.25, 0.3) is 11.8 Å². The molecule has 2 aromatic carbocycles. The number of benzene rings is 2. The molecule has 0 saturated heterocycles. The van der Waals surface area contributed by atoms with Gasteiger partial charge < -0.3 is 20.1 Å². The number of halogens is 4. The van der Waals surface area contributed by atoms with E-state index in [4.69, 9.17) is 9.47 Å². The molecule has 2 aromatic rings. The van der Waals surface area contributed by atoms with Gasteiger partial charge in [-0.2, -0.15) is 13.2 Å². The van der Waals surface area contributed by atoms with Crippen LogP contribution in [0.25, 0.3) is 0 Å². The van der Waals surface area contributed by atoms with Crippen molar-refractivity contribution in [3.63, 3.8) is 0 Å². The molecule has 2 amide bonds. The summed E-state index contributed by atoms with van der Waals surface area (Å²) >= 11 is 1.92. The van der Waals surface area contributed by atoms with Crippen molar-refractivity contribution in [3.05, 3.63) is 56.7 Å². The molecule has 168 valence electrons. The minimum atomic E-state index is -4.59. The van der Waals surface area contributed by atoms with Gasteiger partial charge in [0.05, 0.1) is 41.6 Å². The Morgan fingerprint density at radius 2 is 1.74 bits per heavy atom. The smallest absolute Gasteiger partial charge is 0.416 e. The number of anilines is 1. The second-order valence-electron chi connectivity index (χ2n) is 7.30. The number of carbonyl (C=O) groups excluding carboxylic acids is 2. The van der Waals surface area contributed by atoms with Crippen molar-refractivity contribution in [3.8, 4) is 5.75 Å². The van der Waals surface area contributed by atoms with Crippen molar-refractivity contribution < 1.29 is 32.2 Å². The van der Waals surface area contributed by atoms with Gasteiger partial charge in [0.1, 0.15) is 5.75 Å². The van der Waals surface area contributed by atoms with Crippen molar-refractivity contribution in [2.75, 3.05) is 26.1 Å². The molecule has 10 heteroatoms. The minimum Gasteiger partial charge on any atom is -0.495 e. The van der Waals surface area contributed by atoms with Crippen LogP contribution in [0.15, 0.2) is 36.4 Å². The molecule has 0 aliphatic carbocycles. The van der Waals surface area contributed by atoms with Crippen LogP contribution in [-0.4, -0.2) is 38.2 Å². The summed E-state index contributed by atoms with van der Waals surface area (Å²) in [4.78, 5) is 25.9. The van der Waals surface area contributed by atoms with E-state index < -0.39 is 29.1 Å². The van der Waals surface area contributed by atoms with Crippen LogP contribution in [0.1, 0.15) is 40.1 Å². The third-order valence-corrected chi connectivity index (χ3v) is 5.12. The summed E-state index contributed by atoms with van der Waals surface area (Å²) in [6.45, 7) is 3.76. The Bertz CT molecular complexity index is 978. The van der Waals surface area contributed by atoms with Crippen LogP contribution in [0.3, 0.4) is 0 Å². The number of rotatable bonds is 7. The van der Waals surface area contributed by atoms with E-state index in [0.29, 0.717) is 3.57 Å². The molecule has 0 bridgehead atoms. The first kappa shape index (κ1) is 24.9. The van der Waals surface area contributed by atoms with Gasteiger partial charge in [-0.1, -0.05) is 6.07 Å². The van der Waals surface area contributed by atoms with Gasteiger partial charge in [0.2, 0.25) is 0 Å². The lowest BCUT2D eigenvalue weighted by molar-refractivity contribution is -0.137. The van der Waals surface area contributed by atoms with E-state index in [1.807, 2.05) is 22.6 Å². The molecule has 0 radical (unpaired) electrons. The number of nitrogens with one attached hydrogen (secondary N) is 2. The first-order valence-electron chi connectivity index (χ1n) is 9.06. The molecule has 0 atom stereocenters. The summed E-state index contributed by atoms with van der Waals surface area (Å²) in [5.41, 5.74) is -1.69. The summed E-state index contributed by atoms with van der Waals surface area (Å²) in [6.07, 6.45) is -4.59. The van der Waals surface area contributed by atoms with Crippen molar-refractivity contribution in [1.82, 2.24) is 5.32 Å². The van der Waals surface area contributed by atoms with Gasteiger partial charge in [0, 0.05) is 10.7 Å². The fourth-order valence-corrected chi connectivity index (χ4v) is 3.63. The third kappa shape index (κ3) is 6.33. The number of hydrogen-bond acceptors (Lipinski definition) is 4. The van der Waals surface area contributed by atoms with Crippen LogP contribution < -0.4 is 15.4 Å². The van der Waals surface area contributed by atoms with Crippen molar-refractivity contribution in [1.29, 1.82) is 0 Å². The highest BCUT2D eigenvalue weighted by molar-refractivity contribution is 14.1. The molecule has 0 heterocycles. The van der Waals surface area contributed by atoms with Gasteiger partial charge in [-0.05, 0) is 66.8 Å². The van der Waals surface area contributed by atoms with E-state index in [0.717, 1.165) is 18.2 Å². The number of amides is 2. The number of alkyl halides is 3. The van der Waals surface area contributed by atoms with E-state index >= 15 is 0 Å². The molecule has 0 fully saturated rings. The topological polar surface area (TPSA) is 76.7 Å². The van der Waals surface area contributed by atoms with Gasteiger partial charge in [-0.25, -0.2) is 0 Å². The molecule has 6 nitrogen and oxygen atoms in total. The highest BCUT2D eigenvalue weighted by atomic mass is 127. The zero-order valence-corrected chi connectivity index (χ0v) is 19.5. The summed E-state index contributed by atoms with van der Waals surface area (Å²) in [5, 5.41) is 5.23. The molecule has 0 aromatic heterocycles. The molecule has 0 unspecified atom stereocenters. The Balaban J connectivity index is 2.42. The zero-order chi connectivity index (χ0) is 23.4. The average molecular weight is 550 g/mol. The van der Waals surface area contributed by atoms with E-state index in [-0.39, 0.29) is 29.2 Å². The lowest BCUT2D eigenvalue weighted by Crippen LogP contribution is -2.47. The lowest BCUT2D eigenvalue weighted by atomic mass is 10.0. The number of carbonyl (C=O) groups is 2. The van der Waals surface area contributed by atoms with Gasteiger partial charge >= 0.3 is 6.18 Å². The van der Waals surface area contributed by atoms with Crippen LogP contribution in [0, 0.1) is 3.57 Å². The van der Waals surface area contributed by atoms with Crippen molar-refractivity contribution >= 4 is 40.1 Å². The molecule has 0 aliphatic rings. The highest BCUT2D eigenvalue weighted by Crippen LogP contribution is 2.35. The predicted octanol–water partition coefficient (Wildman–Crippen LogP) is 4.73. The summed E-state index contributed by atoms with van der Waals surface area (Å²) < 4.78 is 49.9. The Morgan fingerprint density at radius 3 is 2.32 bits per heavy atom. The lowest BCUT2D eigenvalue weighted by Gasteiger charge is -2.26. The van der Waals surface area contributed by atoms with E-state index in [9.17, 15) is 22.8 Å². The SMILES string of the molecule is COCC(C)(C)NC(=O)c1c(I)cccc1C(=O)Nc1cc(C(F)(F)F)ccc1OC. The first-order valence-corrected chi connectivity index (χ1v) is 10.1. The molecule has 0 spiro atoms. The molecule has 2 N–H and O–H groups in total. The first-order chi connectivity index (χ1) is 14.4. The second-order valence-corrected chi connectivity index (χ2v) is 8.46. The molecule has 0 aliphatic heterocycles. The predicted molar refractivity (Wildman–Crippen MR) is 119 cm³/mol. The van der Waals surface area contributed by atoms with E-state index in [2.05, 4.69) is 10.6 Å². The quantitative estimate of drug-likeness (QED) is 0.490.